The van der Waals surface area contributed by atoms with E-state index in [0.29, 0.717) is 10.9 Å². The molecule has 1 heterocycles. The topological polar surface area (TPSA) is 50.4 Å². The lowest BCUT2D eigenvalue weighted by atomic mass is 10.0. The third-order valence-electron chi connectivity index (χ3n) is 2.82. The molecular formula is C13H11F3O3. The number of rotatable bonds is 3. The third kappa shape index (κ3) is 2.89. The molecule has 1 unspecified atom stereocenters. The highest BCUT2D eigenvalue weighted by atomic mass is 19.4. The van der Waals surface area contributed by atoms with Crippen LogP contribution in [0.5, 0.6) is 0 Å². The van der Waals surface area contributed by atoms with Gasteiger partial charge in [0.15, 0.2) is 0 Å². The van der Waals surface area contributed by atoms with Crippen molar-refractivity contribution in [3.8, 4) is 0 Å². The molecule has 19 heavy (non-hydrogen) atoms. The second-order valence-electron chi connectivity index (χ2n) is 4.42. The van der Waals surface area contributed by atoms with E-state index in [1.807, 2.05) is 0 Å². The highest BCUT2D eigenvalue weighted by Gasteiger charge is 2.35. The number of aliphatic carboxylic acids is 1. The molecular weight excluding hydrogens is 261 g/mol. The van der Waals surface area contributed by atoms with Crippen molar-refractivity contribution in [3.63, 3.8) is 0 Å². The number of fused-ring (bicyclic) bond motifs is 1. The SMILES string of the molecule is CC(Cc1ccc2oc(C(F)(F)F)cc2c1)C(=O)O. The third-order valence-corrected chi connectivity index (χ3v) is 2.82. The molecule has 1 aromatic carbocycles. The smallest absolute Gasteiger partial charge is 0.449 e. The highest BCUT2D eigenvalue weighted by Crippen LogP contribution is 2.34. The lowest BCUT2D eigenvalue weighted by Gasteiger charge is -2.05. The molecule has 0 aliphatic carbocycles. The van der Waals surface area contributed by atoms with Gasteiger partial charge in [0.05, 0.1) is 5.92 Å². The van der Waals surface area contributed by atoms with Gasteiger partial charge in [-0.1, -0.05) is 13.0 Å². The van der Waals surface area contributed by atoms with E-state index < -0.39 is 23.8 Å². The fourth-order valence-electron chi connectivity index (χ4n) is 1.80. The first-order valence-electron chi connectivity index (χ1n) is 5.60. The van der Waals surface area contributed by atoms with Crippen LogP contribution in [0.3, 0.4) is 0 Å². The predicted molar refractivity (Wildman–Crippen MR) is 61.7 cm³/mol. The number of halogens is 3. The van der Waals surface area contributed by atoms with Crippen molar-refractivity contribution in [2.45, 2.75) is 19.5 Å². The minimum absolute atomic E-state index is 0.138. The van der Waals surface area contributed by atoms with Crippen LogP contribution in [0, 0.1) is 5.92 Å². The summed E-state index contributed by atoms with van der Waals surface area (Å²) in [6.45, 7) is 1.54. The Kier molecular flexibility index (Phi) is 3.26. The molecule has 1 N–H and O–H groups in total. The second kappa shape index (κ2) is 4.60. The van der Waals surface area contributed by atoms with Gasteiger partial charge in [0.1, 0.15) is 5.58 Å². The van der Waals surface area contributed by atoms with Gasteiger partial charge in [0.2, 0.25) is 5.76 Å². The zero-order valence-corrected chi connectivity index (χ0v) is 9.99. The molecule has 2 rings (SSSR count). The van der Waals surface area contributed by atoms with Crippen molar-refractivity contribution in [1.29, 1.82) is 0 Å². The monoisotopic (exact) mass is 272 g/mol. The molecule has 102 valence electrons. The van der Waals surface area contributed by atoms with Gasteiger partial charge >= 0.3 is 12.1 Å². The summed E-state index contributed by atoms with van der Waals surface area (Å²) in [5, 5.41) is 9.12. The molecule has 0 fully saturated rings. The van der Waals surface area contributed by atoms with Crippen molar-refractivity contribution in [2.75, 3.05) is 0 Å². The van der Waals surface area contributed by atoms with Crippen LogP contribution in [0.4, 0.5) is 13.2 Å². The molecule has 3 nitrogen and oxygen atoms in total. The number of furan rings is 1. The van der Waals surface area contributed by atoms with Gasteiger partial charge in [-0.3, -0.25) is 4.79 Å². The quantitative estimate of drug-likeness (QED) is 0.926. The van der Waals surface area contributed by atoms with Crippen molar-refractivity contribution < 1.29 is 27.5 Å². The molecule has 6 heteroatoms. The van der Waals surface area contributed by atoms with Gasteiger partial charge in [0, 0.05) is 5.39 Å². The molecule has 0 saturated carbocycles. The van der Waals surface area contributed by atoms with Crippen molar-refractivity contribution in [3.05, 3.63) is 35.6 Å². The highest BCUT2D eigenvalue weighted by molar-refractivity contribution is 5.79. The van der Waals surface area contributed by atoms with E-state index in [9.17, 15) is 18.0 Å². The summed E-state index contributed by atoms with van der Waals surface area (Å²) in [5.41, 5.74) is 0.802. The van der Waals surface area contributed by atoms with Crippen LogP contribution >= 0.6 is 0 Å². The average Bonchev–Trinajstić information content (AvgIpc) is 2.71. The molecule has 2 aromatic rings. The Morgan fingerprint density at radius 1 is 1.37 bits per heavy atom. The number of hydrogen-bond donors (Lipinski definition) is 1. The molecule has 0 bridgehead atoms. The summed E-state index contributed by atoms with van der Waals surface area (Å²) in [6, 6.07) is 5.44. The molecule has 0 spiro atoms. The molecule has 0 amide bonds. The summed E-state index contributed by atoms with van der Waals surface area (Å²) in [7, 11) is 0. The Hall–Kier alpha value is -1.98. The van der Waals surface area contributed by atoms with E-state index in [-0.39, 0.29) is 12.0 Å². The van der Waals surface area contributed by atoms with Crippen LogP contribution in [0.1, 0.15) is 18.2 Å². The number of carbonyl (C=O) groups is 1. The summed E-state index contributed by atoms with van der Waals surface area (Å²) in [5.74, 6) is -2.58. The van der Waals surface area contributed by atoms with Crippen LogP contribution < -0.4 is 0 Å². The summed E-state index contributed by atoms with van der Waals surface area (Å²) < 4.78 is 42.1. The minimum Gasteiger partial charge on any atom is -0.481 e. The van der Waals surface area contributed by atoms with Crippen LogP contribution in [0.25, 0.3) is 11.0 Å². The van der Waals surface area contributed by atoms with Gasteiger partial charge in [-0.15, -0.1) is 0 Å². The lowest BCUT2D eigenvalue weighted by molar-refractivity contribution is -0.152. The van der Waals surface area contributed by atoms with Crippen LogP contribution in [-0.4, -0.2) is 11.1 Å². The summed E-state index contributed by atoms with van der Waals surface area (Å²) >= 11 is 0. The standard InChI is InChI=1S/C13H11F3O3/c1-7(12(17)18)4-8-2-3-10-9(5-8)6-11(19-10)13(14,15)16/h2-3,5-7H,4H2,1H3,(H,17,18). The van der Waals surface area contributed by atoms with E-state index in [1.54, 1.807) is 13.0 Å². The first-order chi connectivity index (χ1) is 8.77. The maximum absolute atomic E-state index is 12.5. The van der Waals surface area contributed by atoms with Crippen LogP contribution in [0.15, 0.2) is 28.7 Å². The molecule has 0 radical (unpaired) electrons. The molecule has 0 saturated heterocycles. The first-order valence-corrected chi connectivity index (χ1v) is 5.60. The lowest BCUT2D eigenvalue weighted by Crippen LogP contribution is -2.12. The normalized spacial score (nSPS) is 13.7. The Balaban J connectivity index is 2.33. The van der Waals surface area contributed by atoms with Crippen molar-refractivity contribution >= 4 is 16.9 Å². The molecule has 1 aromatic heterocycles. The van der Waals surface area contributed by atoms with Gasteiger partial charge in [0.25, 0.3) is 0 Å². The van der Waals surface area contributed by atoms with Gasteiger partial charge in [-0.25, -0.2) is 0 Å². The van der Waals surface area contributed by atoms with Crippen molar-refractivity contribution in [1.82, 2.24) is 0 Å². The summed E-state index contributed by atoms with van der Waals surface area (Å²) in [4.78, 5) is 10.7. The van der Waals surface area contributed by atoms with Crippen molar-refractivity contribution in [2.24, 2.45) is 5.92 Å². The Morgan fingerprint density at radius 2 is 2.05 bits per heavy atom. The Morgan fingerprint density at radius 3 is 2.63 bits per heavy atom. The summed E-state index contributed by atoms with van der Waals surface area (Å²) in [6.07, 6.45) is -4.26. The Labute approximate surface area is 106 Å². The molecule has 1 atom stereocenters. The zero-order chi connectivity index (χ0) is 14.2. The van der Waals surface area contributed by atoms with E-state index in [4.69, 9.17) is 9.52 Å². The number of alkyl halides is 3. The average molecular weight is 272 g/mol. The molecule has 0 aliphatic heterocycles. The Bertz CT molecular complexity index is 613. The predicted octanol–water partition coefficient (Wildman–Crippen LogP) is 3.71. The van der Waals surface area contributed by atoms with Crippen LogP contribution in [-0.2, 0) is 17.4 Å². The largest absolute Gasteiger partial charge is 0.481 e. The number of hydrogen-bond acceptors (Lipinski definition) is 2. The van der Waals surface area contributed by atoms with E-state index in [0.717, 1.165) is 6.07 Å². The number of carboxylic acid groups (broad SMARTS) is 1. The maximum Gasteiger partial charge on any atom is 0.449 e. The number of benzene rings is 1. The van der Waals surface area contributed by atoms with Gasteiger partial charge in [-0.05, 0) is 30.2 Å². The fraction of sp³-hybridized carbons (Fsp3) is 0.308. The number of carboxylic acids is 1. The second-order valence-corrected chi connectivity index (χ2v) is 4.42. The zero-order valence-electron chi connectivity index (χ0n) is 9.99. The molecule has 0 aliphatic rings. The van der Waals surface area contributed by atoms with Gasteiger partial charge < -0.3 is 9.52 Å². The minimum atomic E-state index is -4.52. The van der Waals surface area contributed by atoms with E-state index in [2.05, 4.69) is 0 Å². The fourth-order valence-corrected chi connectivity index (χ4v) is 1.80. The first kappa shape index (κ1) is 13.5. The van der Waals surface area contributed by atoms with E-state index in [1.165, 1.54) is 12.1 Å². The van der Waals surface area contributed by atoms with Gasteiger partial charge in [-0.2, -0.15) is 13.2 Å². The maximum atomic E-state index is 12.5. The van der Waals surface area contributed by atoms with Crippen LogP contribution in [0.2, 0.25) is 0 Å². The van der Waals surface area contributed by atoms with E-state index >= 15 is 0 Å².